The highest BCUT2D eigenvalue weighted by molar-refractivity contribution is 5.90. The van der Waals surface area contributed by atoms with Crippen molar-refractivity contribution in [3.63, 3.8) is 0 Å². The topological polar surface area (TPSA) is 26.3 Å². The Morgan fingerprint density at radius 3 is 2.73 bits per heavy atom. The zero-order valence-corrected chi connectivity index (χ0v) is 8.61. The fourth-order valence-corrected chi connectivity index (χ4v) is 1.69. The third-order valence-electron chi connectivity index (χ3n) is 2.53. The maximum absolute atomic E-state index is 11.1. The van der Waals surface area contributed by atoms with Crippen LogP contribution in [0.1, 0.15) is 18.4 Å². The lowest BCUT2D eigenvalue weighted by atomic mass is 10.1. The van der Waals surface area contributed by atoms with E-state index in [9.17, 15) is 4.79 Å². The van der Waals surface area contributed by atoms with Crippen LogP contribution in [0.25, 0.3) is 0 Å². The number of ether oxygens (including phenoxy) is 1. The quantitative estimate of drug-likeness (QED) is 0.556. The van der Waals surface area contributed by atoms with E-state index in [0.29, 0.717) is 6.61 Å². The second kappa shape index (κ2) is 4.78. The molecule has 0 aromatic heterocycles. The van der Waals surface area contributed by atoms with Crippen LogP contribution in [0.2, 0.25) is 0 Å². The first kappa shape index (κ1) is 9.97. The summed E-state index contributed by atoms with van der Waals surface area (Å²) in [5.74, 6) is -0.136. The average molecular weight is 202 g/mol. The van der Waals surface area contributed by atoms with Gasteiger partial charge in [0.1, 0.15) is 0 Å². The molecule has 1 aliphatic heterocycles. The number of allylic oxidation sites excluding steroid dienone is 1. The van der Waals surface area contributed by atoms with E-state index < -0.39 is 0 Å². The van der Waals surface area contributed by atoms with Crippen LogP contribution in [0.4, 0.5) is 0 Å². The van der Waals surface area contributed by atoms with Crippen molar-refractivity contribution in [2.45, 2.75) is 19.3 Å². The van der Waals surface area contributed by atoms with Crippen LogP contribution < -0.4 is 0 Å². The van der Waals surface area contributed by atoms with Crippen molar-refractivity contribution in [3.05, 3.63) is 47.5 Å². The van der Waals surface area contributed by atoms with Gasteiger partial charge in [0.2, 0.25) is 0 Å². The zero-order chi connectivity index (χ0) is 10.5. The van der Waals surface area contributed by atoms with E-state index in [1.54, 1.807) is 0 Å². The molecule has 0 aliphatic carbocycles. The Bertz CT molecular complexity index is 365. The number of esters is 1. The van der Waals surface area contributed by atoms with Crippen molar-refractivity contribution >= 4 is 5.97 Å². The minimum atomic E-state index is -0.136. The molecule has 0 atom stereocenters. The molecule has 2 rings (SSSR count). The van der Waals surface area contributed by atoms with Crippen molar-refractivity contribution < 1.29 is 9.53 Å². The monoisotopic (exact) mass is 202 g/mol. The molecule has 1 heterocycles. The minimum Gasteiger partial charge on any atom is -0.462 e. The van der Waals surface area contributed by atoms with Crippen molar-refractivity contribution in [1.29, 1.82) is 0 Å². The van der Waals surface area contributed by atoms with Gasteiger partial charge in [-0.05, 0) is 18.4 Å². The smallest absolute Gasteiger partial charge is 0.333 e. The largest absolute Gasteiger partial charge is 0.462 e. The highest BCUT2D eigenvalue weighted by Gasteiger charge is 2.17. The van der Waals surface area contributed by atoms with E-state index in [0.717, 1.165) is 24.8 Å². The van der Waals surface area contributed by atoms with E-state index in [2.05, 4.69) is 12.1 Å². The Balaban J connectivity index is 1.87. The second-order valence-electron chi connectivity index (χ2n) is 3.64. The number of hydrogen-bond donors (Lipinski definition) is 0. The molecule has 2 nitrogen and oxygen atoms in total. The van der Waals surface area contributed by atoms with Gasteiger partial charge in [-0.2, -0.15) is 0 Å². The van der Waals surface area contributed by atoms with Crippen LogP contribution >= 0.6 is 0 Å². The third-order valence-corrected chi connectivity index (χ3v) is 2.53. The number of benzene rings is 1. The van der Waals surface area contributed by atoms with E-state index in [-0.39, 0.29) is 5.97 Å². The van der Waals surface area contributed by atoms with Gasteiger partial charge in [0.25, 0.3) is 0 Å². The number of aryl methyl sites for hydroxylation is 1. The fourth-order valence-electron chi connectivity index (χ4n) is 1.69. The molecule has 15 heavy (non-hydrogen) atoms. The second-order valence-corrected chi connectivity index (χ2v) is 3.64. The first-order valence-electron chi connectivity index (χ1n) is 5.26. The molecular formula is C13H14O2. The summed E-state index contributed by atoms with van der Waals surface area (Å²) in [4.78, 5) is 11.1. The lowest BCUT2D eigenvalue weighted by Crippen LogP contribution is -1.94. The molecule has 78 valence electrons. The molecule has 0 bridgehead atoms. The van der Waals surface area contributed by atoms with Crippen LogP contribution in [-0.2, 0) is 16.0 Å². The summed E-state index contributed by atoms with van der Waals surface area (Å²) >= 11 is 0. The third kappa shape index (κ3) is 2.69. The number of hydrogen-bond acceptors (Lipinski definition) is 2. The first-order chi connectivity index (χ1) is 7.36. The summed E-state index contributed by atoms with van der Waals surface area (Å²) in [7, 11) is 0. The maximum atomic E-state index is 11.1. The molecule has 0 spiro atoms. The summed E-state index contributed by atoms with van der Waals surface area (Å²) in [5.41, 5.74) is 2.15. The van der Waals surface area contributed by atoms with Gasteiger partial charge in [-0.3, -0.25) is 0 Å². The van der Waals surface area contributed by atoms with Crippen LogP contribution in [0.5, 0.6) is 0 Å². The zero-order valence-electron chi connectivity index (χ0n) is 8.61. The van der Waals surface area contributed by atoms with Crippen LogP contribution in [0.15, 0.2) is 42.0 Å². The van der Waals surface area contributed by atoms with Gasteiger partial charge < -0.3 is 4.74 Å². The number of carbonyl (C=O) groups excluding carboxylic acids is 1. The maximum Gasteiger partial charge on any atom is 0.333 e. The normalized spacial score (nSPS) is 18.1. The Morgan fingerprint density at radius 2 is 2.07 bits per heavy atom. The van der Waals surface area contributed by atoms with E-state index in [1.807, 2.05) is 24.3 Å². The SMILES string of the molecule is O=C1OCC/C1=C/CCc1ccccc1. The predicted octanol–water partition coefficient (Wildman–Crippen LogP) is 2.49. The summed E-state index contributed by atoms with van der Waals surface area (Å²) in [6, 6.07) is 10.3. The van der Waals surface area contributed by atoms with Gasteiger partial charge in [-0.1, -0.05) is 36.4 Å². The molecule has 1 saturated heterocycles. The van der Waals surface area contributed by atoms with Crippen molar-refractivity contribution in [2.75, 3.05) is 6.61 Å². The Morgan fingerprint density at radius 1 is 1.27 bits per heavy atom. The highest BCUT2D eigenvalue weighted by Crippen LogP contribution is 2.14. The molecule has 0 saturated carbocycles. The van der Waals surface area contributed by atoms with Crippen LogP contribution in [-0.4, -0.2) is 12.6 Å². The minimum absolute atomic E-state index is 0.136. The summed E-state index contributed by atoms with van der Waals surface area (Å²) in [5, 5.41) is 0. The van der Waals surface area contributed by atoms with Crippen molar-refractivity contribution in [2.24, 2.45) is 0 Å². The Hall–Kier alpha value is -1.57. The van der Waals surface area contributed by atoms with Crippen LogP contribution in [0.3, 0.4) is 0 Å². The van der Waals surface area contributed by atoms with Gasteiger partial charge in [0.15, 0.2) is 0 Å². The molecule has 1 aromatic rings. The average Bonchev–Trinajstić information content (AvgIpc) is 2.66. The number of carbonyl (C=O) groups is 1. The molecule has 0 N–H and O–H groups in total. The first-order valence-corrected chi connectivity index (χ1v) is 5.26. The molecule has 0 amide bonds. The van der Waals surface area contributed by atoms with Gasteiger partial charge in [-0.25, -0.2) is 4.79 Å². The van der Waals surface area contributed by atoms with E-state index in [4.69, 9.17) is 4.74 Å². The fraction of sp³-hybridized carbons (Fsp3) is 0.308. The van der Waals surface area contributed by atoms with Gasteiger partial charge in [0.05, 0.1) is 6.61 Å². The Labute approximate surface area is 89.6 Å². The summed E-state index contributed by atoms with van der Waals surface area (Å²) in [6.07, 6.45) is 4.67. The standard InChI is InChI=1S/C13H14O2/c14-13-12(9-10-15-13)8-4-7-11-5-2-1-3-6-11/h1-3,5-6,8H,4,7,9-10H2/b12-8-. The summed E-state index contributed by atoms with van der Waals surface area (Å²) < 4.78 is 4.86. The molecule has 1 aromatic carbocycles. The predicted molar refractivity (Wildman–Crippen MR) is 58.4 cm³/mol. The van der Waals surface area contributed by atoms with Gasteiger partial charge in [-0.15, -0.1) is 0 Å². The van der Waals surface area contributed by atoms with Crippen LogP contribution in [0, 0.1) is 0 Å². The molecule has 1 aliphatic rings. The molecule has 1 fully saturated rings. The lowest BCUT2D eigenvalue weighted by Gasteiger charge is -1.97. The van der Waals surface area contributed by atoms with E-state index >= 15 is 0 Å². The van der Waals surface area contributed by atoms with Crippen molar-refractivity contribution in [1.82, 2.24) is 0 Å². The molecular weight excluding hydrogens is 188 g/mol. The van der Waals surface area contributed by atoms with Gasteiger partial charge in [0, 0.05) is 12.0 Å². The summed E-state index contributed by atoms with van der Waals surface area (Å²) in [6.45, 7) is 0.552. The Kier molecular flexibility index (Phi) is 3.18. The van der Waals surface area contributed by atoms with E-state index in [1.165, 1.54) is 5.56 Å². The lowest BCUT2D eigenvalue weighted by molar-refractivity contribution is -0.135. The van der Waals surface area contributed by atoms with Gasteiger partial charge >= 0.3 is 5.97 Å². The number of cyclic esters (lactones) is 1. The molecule has 2 heteroatoms. The number of rotatable bonds is 3. The highest BCUT2D eigenvalue weighted by atomic mass is 16.5. The van der Waals surface area contributed by atoms with Crippen molar-refractivity contribution in [3.8, 4) is 0 Å². The molecule has 0 unspecified atom stereocenters. The molecule has 0 radical (unpaired) electrons.